The topological polar surface area (TPSA) is 171 Å². The lowest BCUT2D eigenvalue weighted by atomic mass is 10.1. The summed E-state index contributed by atoms with van der Waals surface area (Å²) in [7, 11) is 0. The van der Waals surface area contributed by atoms with Crippen LogP contribution >= 0.6 is 0 Å². The third-order valence-corrected chi connectivity index (χ3v) is 9.87. The summed E-state index contributed by atoms with van der Waals surface area (Å²) in [5, 5.41) is 25.0. The summed E-state index contributed by atoms with van der Waals surface area (Å²) in [6, 6.07) is 29.8. The summed E-state index contributed by atoms with van der Waals surface area (Å²) in [6.45, 7) is 6.33. The Hall–Kier alpha value is -5.86. The first-order chi connectivity index (χ1) is 25.7. The van der Waals surface area contributed by atoms with E-state index in [1.165, 1.54) is 0 Å². The molecule has 6 heterocycles. The average molecular weight is 711 g/mol. The van der Waals surface area contributed by atoms with Crippen LogP contribution in [-0.2, 0) is 13.1 Å². The molecule has 13 nitrogen and oxygen atoms in total. The minimum atomic E-state index is 0. The SMILES string of the molecule is N#CCN1CCC(Nc2nc3ccccc3n2Cc2cccnc2)CC1.N#CCN1CCC(Nc2nc3ccccc3n2Cc2cccnc2)CC1.O. The molecule has 0 spiro atoms. The number of imidazole rings is 2. The molecule has 2 aromatic carbocycles. The molecular weight excluding hydrogens is 665 g/mol. The van der Waals surface area contributed by atoms with Gasteiger partial charge in [-0.25, -0.2) is 9.97 Å². The van der Waals surface area contributed by atoms with E-state index in [9.17, 15) is 0 Å². The zero-order chi connectivity index (χ0) is 35.5. The number of para-hydroxylation sites is 4. The third kappa shape index (κ3) is 9.33. The summed E-state index contributed by atoms with van der Waals surface area (Å²) in [4.78, 5) is 22.5. The van der Waals surface area contributed by atoms with Crippen molar-refractivity contribution in [2.75, 3.05) is 49.9 Å². The van der Waals surface area contributed by atoms with Gasteiger partial charge in [0.2, 0.25) is 11.9 Å². The summed E-state index contributed by atoms with van der Waals surface area (Å²) in [6.07, 6.45) is 11.5. The molecule has 4 N–H and O–H groups in total. The van der Waals surface area contributed by atoms with E-state index in [-0.39, 0.29) is 5.48 Å². The predicted octanol–water partition coefficient (Wildman–Crippen LogP) is 4.93. The molecule has 2 aliphatic heterocycles. The van der Waals surface area contributed by atoms with Gasteiger partial charge in [-0.3, -0.25) is 19.8 Å². The first-order valence-electron chi connectivity index (χ1n) is 18.1. The highest BCUT2D eigenvalue weighted by molar-refractivity contribution is 5.79. The van der Waals surface area contributed by atoms with Crippen LogP contribution in [0.1, 0.15) is 36.8 Å². The predicted molar refractivity (Wildman–Crippen MR) is 207 cm³/mol. The molecule has 8 rings (SSSR count). The summed E-state index contributed by atoms with van der Waals surface area (Å²) in [5.41, 5.74) is 6.56. The number of hydrogen-bond donors (Lipinski definition) is 2. The van der Waals surface area contributed by atoms with E-state index >= 15 is 0 Å². The third-order valence-electron chi connectivity index (χ3n) is 9.87. The van der Waals surface area contributed by atoms with Crippen molar-refractivity contribution in [3.05, 3.63) is 109 Å². The number of benzene rings is 2. The molecule has 0 bridgehead atoms. The van der Waals surface area contributed by atoms with Gasteiger partial charge in [0.15, 0.2) is 0 Å². The Bertz CT molecular complexity index is 1970. The Morgan fingerprint density at radius 2 is 1.00 bits per heavy atom. The summed E-state index contributed by atoms with van der Waals surface area (Å²) in [5.74, 6) is 1.82. The number of rotatable bonds is 10. The Morgan fingerprint density at radius 3 is 1.38 bits per heavy atom. The number of nitrogens with one attached hydrogen (secondary N) is 2. The number of pyridine rings is 2. The van der Waals surface area contributed by atoms with E-state index in [0.717, 1.165) is 110 Å². The number of hydrogen-bond acceptors (Lipinski definition) is 10. The first-order valence-corrected chi connectivity index (χ1v) is 18.1. The van der Waals surface area contributed by atoms with E-state index in [1.807, 2.05) is 48.8 Å². The number of likely N-dealkylation sites (tertiary alicyclic amines) is 2. The van der Waals surface area contributed by atoms with Gasteiger partial charge < -0.3 is 25.2 Å². The Morgan fingerprint density at radius 1 is 0.585 bits per heavy atom. The van der Waals surface area contributed by atoms with E-state index < -0.39 is 0 Å². The van der Waals surface area contributed by atoms with Gasteiger partial charge in [0, 0.05) is 63.1 Å². The van der Waals surface area contributed by atoms with Crippen LogP contribution in [0.5, 0.6) is 0 Å². The van der Waals surface area contributed by atoms with Crippen molar-refractivity contribution in [3.63, 3.8) is 0 Å². The van der Waals surface area contributed by atoms with Crippen LogP contribution in [0.4, 0.5) is 11.9 Å². The van der Waals surface area contributed by atoms with Crippen molar-refractivity contribution < 1.29 is 5.48 Å². The van der Waals surface area contributed by atoms with Gasteiger partial charge in [-0.2, -0.15) is 10.5 Å². The lowest BCUT2D eigenvalue weighted by molar-refractivity contribution is 0.242. The maximum atomic E-state index is 8.85. The molecule has 0 saturated carbocycles. The lowest BCUT2D eigenvalue weighted by Crippen LogP contribution is -2.39. The van der Waals surface area contributed by atoms with Crippen molar-refractivity contribution >= 4 is 34.0 Å². The lowest BCUT2D eigenvalue weighted by Gasteiger charge is -2.31. The van der Waals surface area contributed by atoms with E-state index in [2.05, 4.69) is 88.1 Å². The molecule has 53 heavy (non-hydrogen) atoms. The molecular formula is C40H46N12O. The van der Waals surface area contributed by atoms with Gasteiger partial charge >= 0.3 is 0 Å². The van der Waals surface area contributed by atoms with E-state index in [4.69, 9.17) is 20.5 Å². The van der Waals surface area contributed by atoms with Crippen LogP contribution in [-0.4, -0.2) is 95.7 Å². The monoisotopic (exact) mass is 710 g/mol. The Labute approximate surface area is 309 Å². The van der Waals surface area contributed by atoms with Crippen molar-refractivity contribution in [2.45, 2.75) is 50.9 Å². The smallest absolute Gasteiger partial charge is 0.204 e. The normalized spacial score (nSPS) is 15.5. The second kappa shape index (κ2) is 18.1. The van der Waals surface area contributed by atoms with Gasteiger partial charge in [-0.1, -0.05) is 36.4 Å². The number of aromatic nitrogens is 6. The van der Waals surface area contributed by atoms with Crippen LogP contribution in [0, 0.1) is 22.7 Å². The maximum absolute atomic E-state index is 8.85. The van der Waals surface area contributed by atoms with Gasteiger partial charge in [-0.05, 0) is 73.2 Å². The molecule has 272 valence electrons. The summed E-state index contributed by atoms with van der Waals surface area (Å²) >= 11 is 0. The zero-order valence-corrected chi connectivity index (χ0v) is 29.8. The highest BCUT2D eigenvalue weighted by Gasteiger charge is 2.23. The number of nitrogens with zero attached hydrogens (tertiary/aromatic N) is 10. The van der Waals surface area contributed by atoms with Crippen LogP contribution in [0.25, 0.3) is 22.1 Å². The molecule has 0 unspecified atom stereocenters. The maximum Gasteiger partial charge on any atom is 0.204 e. The minimum absolute atomic E-state index is 0. The Balaban J connectivity index is 0.000000178. The average Bonchev–Trinajstić information content (AvgIpc) is 3.71. The van der Waals surface area contributed by atoms with Crippen LogP contribution in [0.3, 0.4) is 0 Å². The van der Waals surface area contributed by atoms with Gasteiger partial charge in [0.25, 0.3) is 0 Å². The number of nitriles is 2. The Kier molecular flexibility index (Phi) is 12.6. The van der Waals surface area contributed by atoms with E-state index in [1.54, 1.807) is 12.4 Å². The number of piperidine rings is 2. The van der Waals surface area contributed by atoms with Crippen molar-refractivity contribution in [3.8, 4) is 12.1 Å². The number of anilines is 2. The van der Waals surface area contributed by atoms with E-state index in [0.29, 0.717) is 25.2 Å². The van der Waals surface area contributed by atoms with Crippen LogP contribution in [0.2, 0.25) is 0 Å². The fourth-order valence-corrected chi connectivity index (χ4v) is 7.08. The summed E-state index contributed by atoms with van der Waals surface area (Å²) < 4.78 is 4.46. The zero-order valence-electron chi connectivity index (χ0n) is 29.8. The molecule has 2 aliphatic rings. The van der Waals surface area contributed by atoms with Crippen molar-refractivity contribution in [2.24, 2.45) is 0 Å². The number of fused-ring (bicyclic) bond motifs is 2. The van der Waals surface area contributed by atoms with Gasteiger partial charge in [-0.15, -0.1) is 0 Å². The molecule has 0 amide bonds. The molecule has 0 atom stereocenters. The van der Waals surface area contributed by atoms with Gasteiger partial charge in [0.1, 0.15) is 0 Å². The van der Waals surface area contributed by atoms with Crippen LogP contribution < -0.4 is 10.6 Å². The molecule has 0 aliphatic carbocycles. The molecule has 4 aromatic heterocycles. The van der Waals surface area contributed by atoms with Crippen molar-refractivity contribution in [1.82, 2.24) is 38.9 Å². The second-order valence-corrected chi connectivity index (χ2v) is 13.4. The fourth-order valence-electron chi connectivity index (χ4n) is 7.08. The largest absolute Gasteiger partial charge is 0.412 e. The molecule has 6 aromatic rings. The van der Waals surface area contributed by atoms with Crippen molar-refractivity contribution in [1.29, 1.82) is 10.5 Å². The molecule has 2 saturated heterocycles. The van der Waals surface area contributed by atoms with Crippen LogP contribution in [0.15, 0.2) is 97.6 Å². The second-order valence-electron chi connectivity index (χ2n) is 13.4. The fraction of sp³-hybridized carbons (Fsp3) is 0.350. The molecule has 2 fully saturated rings. The molecule has 13 heteroatoms. The standard InChI is InChI=1S/2C20H22N6.H2O/c2*21-9-13-25-11-7-17(8-12-25)23-20-24-18-5-1-2-6-19(18)26(20)15-16-4-3-10-22-14-16;/h2*1-6,10,14,17H,7-8,11-13,15H2,(H,23,24);1H2. The highest BCUT2D eigenvalue weighted by Crippen LogP contribution is 2.25. The van der Waals surface area contributed by atoms with Gasteiger partial charge in [0.05, 0.1) is 60.4 Å². The molecule has 0 radical (unpaired) electrons. The minimum Gasteiger partial charge on any atom is -0.412 e. The highest BCUT2D eigenvalue weighted by atomic mass is 16.0. The first kappa shape index (κ1) is 36.9. The quantitative estimate of drug-likeness (QED) is 0.186.